The van der Waals surface area contributed by atoms with Crippen LogP contribution >= 0.6 is 0 Å². The number of hydrogen-bond donors (Lipinski definition) is 2. The molecule has 0 aromatic rings. The van der Waals surface area contributed by atoms with Crippen LogP contribution in [0.1, 0.15) is 40.5 Å². The zero-order valence-corrected chi connectivity index (χ0v) is 8.50. The predicted molar refractivity (Wildman–Crippen MR) is 51.0 cm³/mol. The molecular formula is C9H21NO2. The van der Waals surface area contributed by atoms with Gasteiger partial charge in [-0.2, -0.15) is 0 Å². The number of aliphatic carboxylic acids is 1. The number of carbonyl (C=O) groups is 1. The van der Waals surface area contributed by atoms with Gasteiger partial charge < -0.3 is 10.8 Å². The Morgan fingerprint density at radius 1 is 1.42 bits per heavy atom. The Morgan fingerprint density at radius 3 is 1.83 bits per heavy atom. The molecule has 3 nitrogen and oxygen atoms in total. The summed E-state index contributed by atoms with van der Waals surface area (Å²) in [4.78, 5) is 9.97. The van der Waals surface area contributed by atoms with E-state index in [2.05, 4.69) is 0 Å². The van der Waals surface area contributed by atoms with E-state index in [0.29, 0.717) is 18.4 Å². The quantitative estimate of drug-likeness (QED) is 0.688. The van der Waals surface area contributed by atoms with E-state index in [1.54, 1.807) is 0 Å². The molecule has 0 aliphatic rings. The topological polar surface area (TPSA) is 63.3 Å². The maximum atomic E-state index is 9.97. The first-order valence-electron chi connectivity index (χ1n) is 4.37. The summed E-state index contributed by atoms with van der Waals surface area (Å²) in [5, 5.41) is 8.22. The van der Waals surface area contributed by atoms with Gasteiger partial charge in [0.15, 0.2) is 0 Å². The second-order valence-electron chi connectivity index (χ2n) is 3.36. The van der Waals surface area contributed by atoms with Crippen LogP contribution in [0.4, 0.5) is 0 Å². The largest absolute Gasteiger partial charge is 0.481 e. The van der Waals surface area contributed by atoms with Gasteiger partial charge in [0.2, 0.25) is 0 Å². The van der Waals surface area contributed by atoms with Crippen molar-refractivity contribution >= 4 is 5.97 Å². The van der Waals surface area contributed by atoms with E-state index >= 15 is 0 Å². The molecule has 0 saturated carbocycles. The Bertz CT molecular complexity index is 110. The summed E-state index contributed by atoms with van der Waals surface area (Å²) in [6.07, 6.45) is 1.25. The lowest BCUT2D eigenvalue weighted by molar-refractivity contribution is -0.137. The number of rotatable bonds is 3. The van der Waals surface area contributed by atoms with Gasteiger partial charge in [-0.15, -0.1) is 0 Å². The van der Waals surface area contributed by atoms with Crippen LogP contribution in [-0.4, -0.2) is 17.1 Å². The van der Waals surface area contributed by atoms with Crippen molar-refractivity contribution in [2.24, 2.45) is 11.7 Å². The molecule has 0 spiro atoms. The third-order valence-corrected chi connectivity index (χ3v) is 1.22. The van der Waals surface area contributed by atoms with Gasteiger partial charge in [-0.25, -0.2) is 0 Å². The van der Waals surface area contributed by atoms with E-state index < -0.39 is 5.97 Å². The molecule has 0 fully saturated rings. The van der Waals surface area contributed by atoms with Gasteiger partial charge in [-0.05, 0) is 12.0 Å². The van der Waals surface area contributed by atoms with E-state index in [1.165, 1.54) is 0 Å². The van der Waals surface area contributed by atoms with Crippen molar-refractivity contribution in [2.75, 3.05) is 0 Å². The standard InChI is InChI=1S/C6H12O2.C3H9N/c1-3-5(2)4-6(7)8;1-3(2)4/h5H,3-4H2,1-2H3,(H,7,8);3H,4H2,1-2H3. The highest BCUT2D eigenvalue weighted by molar-refractivity contribution is 5.66. The monoisotopic (exact) mass is 175 g/mol. The van der Waals surface area contributed by atoms with Crippen LogP contribution in [0.5, 0.6) is 0 Å². The second-order valence-corrected chi connectivity index (χ2v) is 3.36. The Morgan fingerprint density at radius 2 is 1.75 bits per heavy atom. The van der Waals surface area contributed by atoms with E-state index in [0.717, 1.165) is 6.42 Å². The van der Waals surface area contributed by atoms with Gasteiger partial charge in [-0.3, -0.25) is 4.79 Å². The van der Waals surface area contributed by atoms with Gasteiger partial charge in [0, 0.05) is 6.42 Å². The van der Waals surface area contributed by atoms with Gasteiger partial charge >= 0.3 is 5.97 Å². The normalized spacial score (nSPS) is 11.8. The molecule has 0 aromatic heterocycles. The van der Waals surface area contributed by atoms with Crippen LogP contribution < -0.4 is 5.73 Å². The van der Waals surface area contributed by atoms with Crippen molar-refractivity contribution in [3.63, 3.8) is 0 Å². The summed E-state index contributed by atoms with van der Waals surface area (Å²) in [6, 6.07) is 0.333. The molecule has 0 aliphatic heterocycles. The highest BCUT2D eigenvalue weighted by Crippen LogP contribution is 2.04. The second kappa shape index (κ2) is 8.53. The van der Waals surface area contributed by atoms with Crippen LogP contribution in [0.2, 0.25) is 0 Å². The van der Waals surface area contributed by atoms with E-state index in [1.807, 2.05) is 27.7 Å². The SMILES string of the molecule is CC(C)N.CCC(C)CC(=O)O. The first-order chi connectivity index (χ1) is 5.40. The van der Waals surface area contributed by atoms with Crippen molar-refractivity contribution < 1.29 is 9.90 Å². The molecule has 3 heteroatoms. The highest BCUT2D eigenvalue weighted by Gasteiger charge is 2.02. The molecule has 1 unspecified atom stereocenters. The molecule has 0 rings (SSSR count). The maximum Gasteiger partial charge on any atom is 0.303 e. The Balaban J connectivity index is 0. The molecule has 0 amide bonds. The first kappa shape index (κ1) is 14.0. The van der Waals surface area contributed by atoms with Gasteiger partial charge in [0.25, 0.3) is 0 Å². The van der Waals surface area contributed by atoms with Gasteiger partial charge in [0.05, 0.1) is 0 Å². The summed E-state index contributed by atoms with van der Waals surface area (Å²) < 4.78 is 0. The summed E-state index contributed by atoms with van der Waals surface area (Å²) >= 11 is 0. The molecule has 74 valence electrons. The van der Waals surface area contributed by atoms with Crippen molar-refractivity contribution in [1.82, 2.24) is 0 Å². The molecule has 3 N–H and O–H groups in total. The molecule has 12 heavy (non-hydrogen) atoms. The highest BCUT2D eigenvalue weighted by atomic mass is 16.4. The van der Waals surface area contributed by atoms with Crippen molar-refractivity contribution in [3.8, 4) is 0 Å². The van der Waals surface area contributed by atoms with Crippen LogP contribution in [0, 0.1) is 5.92 Å². The van der Waals surface area contributed by atoms with E-state index in [4.69, 9.17) is 10.8 Å². The third kappa shape index (κ3) is 22.7. The molecule has 1 atom stereocenters. The van der Waals surface area contributed by atoms with Crippen LogP contribution in [0.15, 0.2) is 0 Å². The molecule has 0 aromatic carbocycles. The summed E-state index contributed by atoms with van der Waals surface area (Å²) in [5.74, 6) is -0.369. The Labute approximate surface area is 75.0 Å². The minimum Gasteiger partial charge on any atom is -0.481 e. The smallest absolute Gasteiger partial charge is 0.303 e. The van der Waals surface area contributed by atoms with Crippen LogP contribution in [0.25, 0.3) is 0 Å². The summed E-state index contributed by atoms with van der Waals surface area (Å²) in [6.45, 7) is 7.82. The fourth-order valence-electron chi connectivity index (χ4n) is 0.442. The van der Waals surface area contributed by atoms with E-state index in [9.17, 15) is 4.79 Å². The minimum atomic E-state index is -0.695. The summed E-state index contributed by atoms with van der Waals surface area (Å²) in [5.41, 5.74) is 5.11. The lowest BCUT2D eigenvalue weighted by Crippen LogP contribution is -2.06. The Hall–Kier alpha value is -0.570. The third-order valence-electron chi connectivity index (χ3n) is 1.22. The predicted octanol–water partition coefficient (Wildman–Crippen LogP) is 1.86. The fraction of sp³-hybridized carbons (Fsp3) is 0.889. The zero-order valence-electron chi connectivity index (χ0n) is 8.50. The average molecular weight is 175 g/mol. The molecule has 0 aliphatic carbocycles. The molecular weight excluding hydrogens is 154 g/mol. The van der Waals surface area contributed by atoms with Crippen molar-refractivity contribution in [1.29, 1.82) is 0 Å². The molecule has 0 saturated heterocycles. The van der Waals surface area contributed by atoms with E-state index in [-0.39, 0.29) is 0 Å². The number of hydrogen-bond acceptors (Lipinski definition) is 2. The number of carboxylic acids is 1. The lowest BCUT2D eigenvalue weighted by Gasteiger charge is -2.00. The van der Waals surface area contributed by atoms with Crippen LogP contribution in [-0.2, 0) is 4.79 Å². The minimum absolute atomic E-state index is 0.302. The fourth-order valence-corrected chi connectivity index (χ4v) is 0.442. The molecule has 0 heterocycles. The first-order valence-corrected chi connectivity index (χ1v) is 4.37. The van der Waals surface area contributed by atoms with Crippen LogP contribution in [0.3, 0.4) is 0 Å². The van der Waals surface area contributed by atoms with Crippen molar-refractivity contribution in [3.05, 3.63) is 0 Å². The Kier molecular flexibility index (Phi) is 9.93. The lowest BCUT2D eigenvalue weighted by atomic mass is 10.1. The zero-order chi connectivity index (χ0) is 10.1. The molecule has 0 radical (unpaired) electrons. The van der Waals surface area contributed by atoms with Gasteiger partial charge in [-0.1, -0.05) is 34.1 Å². The number of carboxylic acid groups (broad SMARTS) is 1. The number of nitrogens with two attached hydrogens (primary N) is 1. The molecule has 0 bridgehead atoms. The van der Waals surface area contributed by atoms with Gasteiger partial charge in [0.1, 0.15) is 0 Å². The van der Waals surface area contributed by atoms with Crippen molar-refractivity contribution in [2.45, 2.75) is 46.6 Å². The average Bonchev–Trinajstić information content (AvgIpc) is 1.84. The maximum absolute atomic E-state index is 9.97. The summed E-state index contributed by atoms with van der Waals surface area (Å²) in [7, 11) is 0.